The second-order valence-electron chi connectivity index (χ2n) is 4.28. The monoisotopic (exact) mass is 257 g/mol. The Labute approximate surface area is 112 Å². The second kappa shape index (κ2) is 5.49. The van der Waals surface area contributed by atoms with Gasteiger partial charge >= 0.3 is 0 Å². The molecule has 0 fully saturated rings. The number of aromatic nitrogens is 1. The number of aryl methyl sites for hydroxylation is 1. The van der Waals surface area contributed by atoms with Gasteiger partial charge in [0.05, 0.1) is 0 Å². The van der Waals surface area contributed by atoms with Gasteiger partial charge in [-0.2, -0.15) is 11.8 Å². The summed E-state index contributed by atoms with van der Waals surface area (Å²) in [4.78, 5) is 0. The van der Waals surface area contributed by atoms with Crippen LogP contribution in [0.25, 0.3) is 28.3 Å². The molecule has 0 amide bonds. The Morgan fingerprint density at radius 3 is 2.33 bits per heavy atom. The highest BCUT2D eigenvalue weighted by atomic mass is 32.2. The van der Waals surface area contributed by atoms with Crippen LogP contribution in [0.4, 0.5) is 0 Å². The Morgan fingerprint density at radius 2 is 1.72 bits per heavy atom. The molecule has 0 bridgehead atoms. The Hall–Kier alpha value is -1.41. The SMILES string of the molecule is C=c1c2cccc3cccc(c32)n1CC.CSC. The molecule has 0 atom stereocenters. The summed E-state index contributed by atoms with van der Waals surface area (Å²) in [6.07, 6.45) is 4.08. The Morgan fingerprint density at radius 1 is 1.11 bits per heavy atom. The summed E-state index contributed by atoms with van der Waals surface area (Å²) in [5, 5.41) is 5.07. The van der Waals surface area contributed by atoms with Gasteiger partial charge in [0.15, 0.2) is 0 Å². The number of nitrogens with zero attached hydrogens (tertiary/aromatic N) is 1. The van der Waals surface area contributed by atoms with E-state index in [1.807, 2.05) is 12.5 Å². The predicted octanol–water partition coefficient (Wildman–Crippen LogP) is 3.92. The molecule has 0 spiro atoms. The summed E-state index contributed by atoms with van der Waals surface area (Å²) in [6.45, 7) is 7.31. The van der Waals surface area contributed by atoms with Gasteiger partial charge in [0.2, 0.25) is 0 Å². The molecule has 18 heavy (non-hydrogen) atoms. The van der Waals surface area contributed by atoms with Crippen LogP contribution in [0.1, 0.15) is 6.92 Å². The molecule has 1 heterocycles. The number of hydrogen-bond donors (Lipinski definition) is 0. The van der Waals surface area contributed by atoms with Gasteiger partial charge in [-0.1, -0.05) is 36.9 Å². The zero-order chi connectivity index (χ0) is 13.1. The fourth-order valence-electron chi connectivity index (χ4n) is 2.44. The molecule has 94 valence electrons. The number of rotatable bonds is 1. The highest BCUT2D eigenvalue weighted by Gasteiger charge is 2.07. The molecule has 0 aliphatic heterocycles. The molecule has 2 aromatic carbocycles. The third-order valence-electron chi connectivity index (χ3n) is 3.13. The normalized spacial score (nSPS) is 10.6. The number of benzene rings is 2. The first-order valence-electron chi connectivity index (χ1n) is 6.13. The van der Waals surface area contributed by atoms with Gasteiger partial charge in [0, 0.05) is 28.2 Å². The zero-order valence-corrected chi connectivity index (χ0v) is 12.1. The van der Waals surface area contributed by atoms with Crippen molar-refractivity contribution in [3.05, 3.63) is 41.7 Å². The molecule has 0 saturated heterocycles. The van der Waals surface area contributed by atoms with E-state index in [4.69, 9.17) is 0 Å². The number of hydrogen-bond acceptors (Lipinski definition) is 1. The highest BCUT2D eigenvalue weighted by molar-refractivity contribution is 7.97. The van der Waals surface area contributed by atoms with Crippen LogP contribution in [0.5, 0.6) is 0 Å². The molecule has 1 nitrogen and oxygen atoms in total. The van der Waals surface area contributed by atoms with E-state index in [1.165, 1.54) is 21.7 Å². The van der Waals surface area contributed by atoms with E-state index in [0.717, 1.165) is 11.9 Å². The predicted molar refractivity (Wildman–Crippen MR) is 85.3 cm³/mol. The molecule has 2 heteroatoms. The van der Waals surface area contributed by atoms with Crippen molar-refractivity contribution in [2.24, 2.45) is 0 Å². The van der Waals surface area contributed by atoms with E-state index < -0.39 is 0 Å². The van der Waals surface area contributed by atoms with Crippen LogP contribution in [0.15, 0.2) is 36.4 Å². The summed E-state index contributed by atoms with van der Waals surface area (Å²) in [7, 11) is 0. The highest BCUT2D eigenvalue weighted by Crippen LogP contribution is 2.24. The lowest BCUT2D eigenvalue weighted by Gasteiger charge is -2.00. The molecule has 3 rings (SSSR count). The van der Waals surface area contributed by atoms with E-state index in [-0.39, 0.29) is 0 Å². The minimum absolute atomic E-state index is 0.979. The summed E-state index contributed by atoms with van der Waals surface area (Å²) >= 11 is 1.75. The van der Waals surface area contributed by atoms with Gasteiger partial charge < -0.3 is 4.57 Å². The first-order chi connectivity index (χ1) is 8.74. The van der Waals surface area contributed by atoms with Crippen molar-refractivity contribution in [3.63, 3.8) is 0 Å². The van der Waals surface area contributed by atoms with Crippen LogP contribution in [0, 0.1) is 0 Å². The molecule has 1 aromatic heterocycles. The van der Waals surface area contributed by atoms with E-state index in [9.17, 15) is 0 Å². The van der Waals surface area contributed by atoms with Crippen molar-refractivity contribution >= 4 is 40.0 Å². The number of thioether (sulfide) groups is 1. The molecular weight excluding hydrogens is 238 g/mol. The standard InChI is InChI=1S/C14H13N.C2H6S/c1-3-15-10(2)12-8-4-6-11-7-5-9-13(15)14(11)12;1-3-2/h4-9H,2-3H2,1H3;1-2H3. The third-order valence-corrected chi connectivity index (χ3v) is 3.13. The Balaban J connectivity index is 0.000000367. The van der Waals surface area contributed by atoms with Crippen LogP contribution < -0.4 is 5.35 Å². The molecule has 0 aliphatic rings. The topological polar surface area (TPSA) is 4.93 Å². The van der Waals surface area contributed by atoms with Crippen molar-refractivity contribution in [2.75, 3.05) is 12.5 Å². The lowest BCUT2D eigenvalue weighted by molar-refractivity contribution is 0.779. The maximum absolute atomic E-state index is 4.17. The molecule has 0 aliphatic carbocycles. The van der Waals surface area contributed by atoms with Crippen LogP contribution >= 0.6 is 11.8 Å². The van der Waals surface area contributed by atoms with Crippen molar-refractivity contribution in [1.29, 1.82) is 0 Å². The van der Waals surface area contributed by atoms with Crippen molar-refractivity contribution in [3.8, 4) is 0 Å². The average Bonchev–Trinajstić information content (AvgIpc) is 2.66. The van der Waals surface area contributed by atoms with Crippen LogP contribution in [0.2, 0.25) is 0 Å². The maximum Gasteiger partial charge on any atom is 0.0497 e. The first-order valence-corrected chi connectivity index (χ1v) is 7.76. The molecule has 0 unspecified atom stereocenters. The van der Waals surface area contributed by atoms with Crippen molar-refractivity contribution < 1.29 is 0 Å². The Bertz CT molecular complexity index is 691. The fraction of sp³-hybridized carbons (Fsp3) is 0.250. The van der Waals surface area contributed by atoms with Crippen molar-refractivity contribution in [1.82, 2.24) is 4.57 Å². The molecule has 0 radical (unpaired) electrons. The quantitative estimate of drug-likeness (QED) is 0.639. The van der Waals surface area contributed by atoms with Crippen molar-refractivity contribution in [2.45, 2.75) is 13.5 Å². The maximum atomic E-state index is 4.17. The fourth-order valence-corrected chi connectivity index (χ4v) is 2.44. The van der Waals surface area contributed by atoms with Gasteiger partial charge in [0.25, 0.3) is 0 Å². The largest absolute Gasteiger partial charge is 0.341 e. The lowest BCUT2D eigenvalue weighted by Crippen LogP contribution is -2.12. The van der Waals surface area contributed by atoms with Gasteiger partial charge in [-0.05, 0) is 30.9 Å². The molecule has 3 aromatic rings. The van der Waals surface area contributed by atoms with E-state index in [2.05, 4.69) is 54.5 Å². The van der Waals surface area contributed by atoms with E-state index in [0.29, 0.717) is 0 Å². The van der Waals surface area contributed by atoms with Crippen LogP contribution in [0.3, 0.4) is 0 Å². The zero-order valence-electron chi connectivity index (χ0n) is 11.2. The molecule has 0 saturated carbocycles. The summed E-state index contributed by atoms with van der Waals surface area (Å²) < 4.78 is 2.28. The van der Waals surface area contributed by atoms with Crippen LogP contribution in [-0.2, 0) is 6.54 Å². The Kier molecular flexibility index (Phi) is 3.97. The van der Waals surface area contributed by atoms with Gasteiger partial charge in [-0.15, -0.1) is 0 Å². The van der Waals surface area contributed by atoms with Gasteiger partial charge in [-0.3, -0.25) is 0 Å². The minimum Gasteiger partial charge on any atom is -0.341 e. The molecule has 0 N–H and O–H groups in total. The van der Waals surface area contributed by atoms with E-state index in [1.54, 1.807) is 11.8 Å². The molecular formula is C16H19NS. The van der Waals surface area contributed by atoms with E-state index >= 15 is 0 Å². The van der Waals surface area contributed by atoms with Gasteiger partial charge in [0.1, 0.15) is 0 Å². The van der Waals surface area contributed by atoms with Gasteiger partial charge in [-0.25, -0.2) is 0 Å². The third kappa shape index (κ3) is 2.01. The summed E-state index contributed by atoms with van der Waals surface area (Å²) in [6, 6.07) is 12.9. The second-order valence-corrected chi connectivity index (χ2v) is 5.10. The summed E-state index contributed by atoms with van der Waals surface area (Å²) in [5.74, 6) is 0. The average molecular weight is 257 g/mol. The smallest absolute Gasteiger partial charge is 0.0497 e. The lowest BCUT2D eigenvalue weighted by atomic mass is 10.1. The van der Waals surface area contributed by atoms with Crippen LogP contribution in [-0.4, -0.2) is 17.1 Å². The summed E-state index contributed by atoms with van der Waals surface area (Å²) in [5.41, 5.74) is 1.30. The minimum atomic E-state index is 0.979. The first kappa shape index (κ1) is 13.0.